The molecule has 25 heavy (non-hydrogen) atoms. The second-order valence-electron chi connectivity index (χ2n) is 5.99. The Hall–Kier alpha value is -3.10. The number of amides is 4. The van der Waals surface area contributed by atoms with Crippen molar-refractivity contribution < 1.29 is 24.2 Å². The van der Waals surface area contributed by atoms with Gasteiger partial charge in [0.15, 0.2) is 11.5 Å². The molecule has 2 rings (SSSR count). The second kappa shape index (κ2) is 7.20. The average molecular weight is 348 g/mol. The number of hydrogen-bond acceptors (Lipinski definition) is 6. The number of carbonyl (C=O) groups is 3. The van der Waals surface area contributed by atoms with Gasteiger partial charge in [0.05, 0.1) is 13.3 Å². The third kappa shape index (κ3) is 4.25. The molecule has 0 radical (unpaired) electrons. The standard InChI is InChI=1S/C16H20N4O5/c1-16(2)14(23)20(15(24)18-16)7-6-13(22)19-17-9-10-4-5-12(25-3)11(21)8-10/h4-5,8-9,21H,6-7H2,1-3H3,(H,18,24)(H,19,22)/b17-9-. The summed E-state index contributed by atoms with van der Waals surface area (Å²) >= 11 is 0. The van der Waals surface area contributed by atoms with E-state index < -0.39 is 17.5 Å². The summed E-state index contributed by atoms with van der Waals surface area (Å²) in [7, 11) is 1.44. The Labute approximate surface area is 144 Å². The van der Waals surface area contributed by atoms with Crippen molar-refractivity contribution in [3.05, 3.63) is 23.8 Å². The van der Waals surface area contributed by atoms with E-state index in [-0.39, 0.29) is 24.6 Å². The topological polar surface area (TPSA) is 120 Å². The van der Waals surface area contributed by atoms with Gasteiger partial charge in [0.2, 0.25) is 5.91 Å². The predicted octanol–water partition coefficient (Wildman–Crippen LogP) is 0.571. The largest absolute Gasteiger partial charge is 0.504 e. The zero-order valence-electron chi connectivity index (χ0n) is 14.2. The molecule has 9 heteroatoms. The minimum atomic E-state index is -0.956. The first-order chi connectivity index (χ1) is 11.7. The minimum absolute atomic E-state index is 0.0290. The van der Waals surface area contributed by atoms with Gasteiger partial charge in [-0.05, 0) is 37.6 Å². The maximum atomic E-state index is 12.0. The van der Waals surface area contributed by atoms with E-state index in [0.717, 1.165) is 4.90 Å². The van der Waals surface area contributed by atoms with Crippen LogP contribution in [0, 0.1) is 0 Å². The number of hydrogen-bond donors (Lipinski definition) is 3. The van der Waals surface area contributed by atoms with Crippen molar-refractivity contribution in [2.24, 2.45) is 5.10 Å². The van der Waals surface area contributed by atoms with Crippen LogP contribution in [0.5, 0.6) is 11.5 Å². The van der Waals surface area contributed by atoms with E-state index in [1.165, 1.54) is 19.4 Å². The molecule has 0 saturated carbocycles. The van der Waals surface area contributed by atoms with Crippen LogP contribution < -0.4 is 15.5 Å². The van der Waals surface area contributed by atoms with E-state index in [1.807, 2.05) is 0 Å². The third-order valence-electron chi connectivity index (χ3n) is 3.61. The number of carbonyl (C=O) groups excluding carboxylic acids is 3. The van der Waals surface area contributed by atoms with Gasteiger partial charge in [0.25, 0.3) is 5.91 Å². The Kier molecular flexibility index (Phi) is 5.26. The molecule has 1 aromatic carbocycles. The summed E-state index contributed by atoms with van der Waals surface area (Å²) in [6, 6.07) is 4.14. The SMILES string of the molecule is COc1ccc(/C=N\NC(=O)CCN2C(=O)NC(C)(C)C2=O)cc1O. The Bertz CT molecular complexity index is 729. The normalized spacial score (nSPS) is 16.2. The molecular formula is C16H20N4O5. The van der Waals surface area contributed by atoms with E-state index >= 15 is 0 Å². The molecule has 9 nitrogen and oxygen atoms in total. The molecule has 1 aliphatic heterocycles. The van der Waals surface area contributed by atoms with E-state index in [1.54, 1.807) is 26.0 Å². The first-order valence-electron chi connectivity index (χ1n) is 7.57. The number of rotatable bonds is 6. The van der Waals surface area contributed by atoms with Crippen molar-refractivity contribution >= 4 is 24.1 Å². The molecule has 0 bridgehead atoms. The molecule has 1 heterocycles. The number of ether oxygens (including phenoxy) is 1. The number of hydrazone groups is 1. The number of phenolic OH excluding ortho intramolecular Hbond substituents is 1. The molecule has 0 unspecified atom stereocenters. The highest BCUT2D eigenvalue weighted by molar-refractivity contribution is 6.06. The van der Waals surface area contributed by atoms with Crippen LogP contribution in [0.1, 0.15) is 25.8 Å². The number of urea groups is 1. The van der Waals surface area contributed by atoms with Crippen LogP contribution in [0.25, 0.3) is 0 Å². The molecule has 0 atom stereocenters. The number of methoxy groups -OCH3 is 1. The molecule has 134 valence electrons. The zero-order chi connectivity index (χ0) is 18.6. The summed E-state index contributed by atoms with van der Waals surface area (Å²) < 4.78 is 4.93. The molecule has 3 N–H and O–H groups in total. The van der Waals surface area contributed by atoms with E-state index in [4.69, 9.17) is 4.74 Å². The fourth-order valence-corrected chi connectivity index (χ4v) is 2.26. The van der Waals surface area contributed by atoms with Gasteiger partial charge < -0.3 is 15.2 Å². The highest BCUT2D eigenvalue weighted by Gasteiger charge is 2.43. The van der Waals surface area contributed by atoms with Gasteiger partial charge >= 0.3 is 6.03 Å². The molecule has 1 aliphatic rings. The lowest BCUT2D eigenvalue weighted by Gasteiger charge is -2.15. The fraction of sp³-hybridized carbons (Fsp3) is 0.375. The molecule has 1 aromatic rings. The van der Waals surface area contributed by atoms with E-state index in [9.17, 15) is 19.5 Å². The number of nitrogens with zero attached hydrogens (tertiary/aromatic N) is 2. The molecule has 1 fully saturated rings. The van der Waals surface area contributed by atoms with Crippen LogP contribution in [-0.4, -0.2) is 53.3 Å². The number of benzene rings is 1. The minimum Gasteiger partial charge on any atom is -0.504 e. The summed E-state index contributed by atoms with van der Waals surface area (Å²) in [5, 5.41) is 16.0. The third-order valence-corrected chi connectivity index (χ3v) is 3.61. The summed E-state index contributed by atoms with van der Waals surface area (Å²) in [6.07, 6.45) is 1.29. The van der Waals surface area contributed by atoms with Gasteiger partial charge in [0.1, 0.15) is 5.54 Å². The lowest BCUT2D eigenvalue weighted by atomic mass is 10.1. The first kappa shape index (κ1) is 18.2. The van der Waals surface area contributed by atoms with Crippen LogP contribution in [0.15, 0.2) is 23.3 Å². The molecule has 0 aliphatic carbocycles. The first-order valence-corrected chi connectivity index (χ1v) is 7.57. The molecule has 1 saturated heterocycles. The van der Waals surface area contributed by atoms with Gasteiger partial charge in [-0.3, -0.25) is 14.5 Å². The highest BCUT2D eigenvalue weighted by Crippen LogP contribution is 2.25. The average Bonchev–Trinajstić information content (AvgIpc) is 2.73. The van der Waals surface area contributed by atoms with Crippen LogP contribution in [0.4, 0.5) is 4.79 Å². The second-order valence-corrected chi connectivity index (χ2v) is 5.99. The van der Waals surface area contributed by atoms with Crippen molar-refractivity contribution in [1.82, 2.24) is 15.6 Å². The van der Waals surface area contributed by atoms with Gasteiger partial charge in [0, 0.05) is 13.0 Å². The van der Waals surface area contributed by atoms with Gasteiger partial charge in [-0.2, -0.15) is 5.10 Å². The summed E-state index contributed by atoms with van der Waals surface area (Å²) in [5.74, 6) is -0.529. The zero-order valence-corrected chi connectivity index (χ0v) is 14.2. The Morgan fingerprint density at radius 3 is 2.72 bits per heavy atom. The maximum Gasteiger partial charge on any atom is 0.325 e. The van der Waals surface area contributed by atoms with Crippen molar-refractivity contribution in [3.63, 3.8) is 0 Å². The number of imide groups is 1. The Morgan fingerprint density at radius 1 is 1.44 bits per heavy atom. The fourth-order valence-electron chi connectivity index (χ4n) is 2.26. The quantitative estimate of drug-likeness (QED) is 0.394. The summed E-state index contributed by atoms with van der Waals surface area (Å²) in [4.78, 5) is 36.4. The lowest BCUT2D eigenvalue weighted by Crippen LogP contribution is -2.40. The van der Waals surface area contributed by atoms with Gasteiger partial charge in [-0.1, -0.05) is 0 Å². The smallest absolute Gasteiger partial charge is 0.325 e. The van der Waals surface area contributed by atoms with E-state index in [0.29, 0.717) is 11.3 Å². The molecule has 0 aromatic heterocycles. The van der Waals surface area contributed by atoms with Crippen LogP contribution in [0.2, 0.25) is 0 Å². The van der Waals surface area contributed by atoms with E-state index in [2.05, 4.69) is 15.8 Å². The monoisotopic (exact) mass is 348 g/mol. The van der Waals surface area contributed by atoms with Crippen LogP contribution in [-0.2, 0) is 9.59 Å². The number of phenols is 1. The van der Waals surface area contributed by atoms with Crippen molar-refractivity contribution in [3.8, 4) is 11.5 Å². The summed E-state index contributed by atoms with van der Waals surface area (Å²) in [5.41, 5.74) is 1.91. The van der Waals surface area contributed by atoms with Gasteiger partial charge in [-0.25, -0.2) is 10.2 Å². The van der Waals surface area contributed by atoms with Crippen molar-refractivity contribution in [2.75, 3.05) is 13.7 Å². The van der Waals surface area contributed by atoms with Crippen LogP contribution >= 0.6 is 0 Å². The van der Waals surface area contributed by atoms with Gasteiger partial charge in [-0.15, -0.1) is 0 Å². The summed E-state index contributed by atoms with van der Waals surface area (Å²) in [6.45, 7) is 3.17. The maximum absolute atomic E-state index is 12.0. The van der Waals surface area contributed by atoms with Crippen LogP contribution in [0.3, 0.4) is 0 Å². The Balaban J connectivity index is 1.84. The van der Waals surface area contributed by atoms with Crippen molar-refractivity contribution in [1.29, 1.82) is 0 Å². The Morgan fingerprint density at radius 2 is 2.16 bits per heavy atom. The molecular weight excluding hydrogens is 328 g/mol. The molecule has 0 spiro atoms. The lowest BCUT2D eigenvalue weighted by molar-refractivity contribution is -0.130. The molecule has 4 amide bonds. The predicted molar refractivity (Wildman–Crippen MR) is 89.3 cm³/mol. The van der Waals surface area contributed by atoms with Crippen molar-refractivity contribution in [2.45, 2.75) is 25.8 Å². The number of aromatic hydroxyl groups is 1. The number of nitrogens with one attached hydrogen (secondary N) is 2. The highest BCUT2D eigenvalue weighted by atomic mass is 16.5.